The second kappa shape index (κ2) is 36.7. The van der Waals surface area contributed by atoms with Crippen LogP contribution in [0.2, 0.25) is 0 Å². The predicted octanol–water partition coefficient (Wildman–Crippen LogP) is 11.0. The van der Waals surface area contributed by atoms with Crippen molar-refractivity contribution in [2.45, 2.75) is 225 Å². The molecule has 3 atom stereocenters. The van der Waals surface area contributed by atoms with Gasteiger partial charge in [0.2, 0.25) is 5.91 Å². The first kappa shape index (κ1) is 44.8. The molecular weight excluding hydrogens is 570 g/mol. The maximum absolute atomic E-state index is 12.4. The van der Waals surface area contributed by atoms with Crippen LogP contribution in [-0.4, -0.2) is 46.1 Å². The van der Waals surface area contributed by atoms with Crippen molar-refractivity contribution in [2.75, 3.05) is 6.61 Å². The Balaban J connectivity index is 3.73. The van der Waals surface area contributed by atoms with Crippen LogP contribution in [0.4, 0.5) is 0 Å². The van der Waals surface area contributed by atoms with Gasteiger partial charge in [0.05, 0.1) is 31.3 Å². The maximum Gasteiger partial charge on any atom is 0.222 e. The molecule has 3 unspecified atom stereocenters. The van der Waals surface area contributed by atoms with Gasteiger partial charge in [-0.05, 0) is 32.1 Å². The van der Waals surface area contributed by atoms with Crippen LogP contribution in [0.1, 0.15) is 206 Å². The molecule has 0 aromatic rings. The first-order chi connectivity index (χ1) is 22.5. The molecule has 46 heavy (non-hydrogen) atoms. The molecule has 0 aromatic heterocycles. The SMILES string of the molecule is CCCCCCCCCCCCCCC/C=C/CC/C=C/C(O)C(CO)NC(=O)CC(O)CCCCCCCCCCCCCC. The molecule has 0 rings (SSSR count). The van der Waals surface area contributed by atoms with E-state index in [1.807, 2.05) is 6.08 Å². The fourth-order valence-electron chi connectivity index (χ4n) is 6.12. The number of aliphatic hydroxyl groups excluding tert-OH is 3. The van der Waals surface area contributed by atoms with Gasteiger partial charge < -0.3 is 20.6 Å². The van der Waals surface area contributed by atoms with Gasteiger partial charge in [0.1, 0.15) is 0 Å². The molecule has 5 heteroatoms. The summed E-state index contributed by atoms with van der Waals surface area (Å²) in [5.41, 5.74) is 0. The van der Waals surface area contributed by atoms with E-state index in [0.717, 1.165) is 32.1 Å². The Morgan fingerprint density at radius 3 is 1.39 bits per heavy atom. The summed E-state index contributed by atoms with van der Waals surface area (Å²) in [7, 11) is 0. The number of unbranched alkanes of at least 4 members (excludes halogenated alkanes) is 25. The van der Waals surface area contributed by atoms with Crippen LogP contribution in [0.15, 0.2) is 24.3 Å². The van der Waals surface area contributed by atoms with E-state index in [2.05, 4.69) is 31.3 Å². The Kier molecular flexibility index (Phi) is 35.7. The Hall–Kier alpha value is -1.17. The number of hydrogen-bond donors (Lipinski definition) is 4. The first-order valence-electron chi connectivity index (χ1n) is 20.1. The smallest absolute Gasteiger partial charge is 0.222 e. The lowest BCUT2D eigenvalue weighted by Gasteiger charge is -2.21. The van der Waals surface area contributed by atoms with Crippen molar-refractivity contribution in [2.24, 2.45) is 0 Å². The van der Waals surface area contributed by atoms with E-state index in [1.54, 1.807) is 6.08 Å². The van der Waals surface area contributed by atoms with E-state index in [-0.39, 0.29) is 18.9 Å². The molecule has 0 radical (unpaired) electrons. The van der Waals surface area contributed by atoms with Gasteiger partial charge in [-0.15, -0.1) is 0 Å². The Labute approximate surface area is 286 Å². The van der Waals surface area contributed by atoms with Crippen LogP contribution in [-0.2, 0) is 4.79 Å². The minimum absolute atomic E-state index is 0.00894. The molecule has 0 aliphatic heterocycles. The molecule has 0 heterocycles. The first-order valence-corrected chi connectivity index (χ1v) is 20.1. The second-order valence-electron chi connectivity index (χ2n) is 13.9. The van der Waals surface area contributed by atoms with Gasteiger partial charge in [-0.2, -0.15) is 0 Å². The Bertz CT molecular complexity index is 679. The zero-order valence-corrected chi connectivity index (χ0v) is 30.7. The van der Waals surface area contributed by atoms with Crippen LogP contribution < -0.4 is 5.32 Å². The summed E-state index contributed by atoms with van der Waals surface area (Å²) >= 11 is 0. The standard InChI is InChI=1S/C41H79NO4/c1-3-5-7-9-11-13-15-17-18-19-20-21-22-23-25-27-29-31-33-35-40(45)39(37-43)42-41(46)36-38(44)34-32-30-28-26-24-16-14-12-10-8-6-4-2/h25,27,33,35,38-40,43-45H,3-24,26,28-32,34,36-37H2,1-2H3,(H,42,46)/b27-25+,35-33+. The molecular formula is C41H79NO4. The summed E-state index contributed by atoms with van der Waals surface area (Å²) in [6.45, 7) is 4.19. The van der Waals surface area contributed by atoms with Crippen LogP contribution in [0.25, 0.3) is 0 Å². The minimum atomic E-state index is -0.947. The number of carbonyl (C=O) groups excluding carboxylic acids is 1. The highest BCUT2D eigenvalue weighted by molar-refractivity contribution is 5.76. The summed E-state index contributed by atoms with van der Waals surface area (Å²) < 4.78 is 0. The molecule has 1 amide bonds. The van der Waals surface area contributed by atoms with Gasteiger partial charge >= 0.3 is 0 Å². The number of carbonyl (C=O) groups is 1. The average Bonchev–Trinajstić information content (AvgIpc) is 3.05. The van der Waals surface area contributed by atoms with E-state index in [1.165, 1.54) is 148 Å². The summed E-state index contributed by atoms with van der Waals surface area (Å²) in [6, 6.07) is -0.756. The van der Waals surface area contributed by atoms with Crippen LogP contribution in [0, 0.1) is 0 Å². The number of allylic oxidation sites excluding steroid dienone is 3. The highest BCUT2D eigenvalue weighted by Gasteiger charge is 2.20. The molecule has 272 valence electrons. The zero-order valence-electron chi connectivity index (χ0n) is 30.7. The number of aliphatic hydroxyl groups is 3. The topological polar surface area (TPSA) is 89.8 Å². The fourth-order valence-corrected chi connectivity index (χ4v) is 6.12. The molecule has 4 N–H and O–H groups in total. The van der Waals surface area contributed by atoms with Gasteiger partial charge in [0, 0.05) is 0 Å². The molecule has 0 aliphatic rings. The largest absolute Gasteiger partial charge is 0.394 e. The van der Waals surface area contributed by atoms with Crippen molar-refractivity contribution in [1.82, 2.24) is 5.32 Å². The number of hydrogen-bond acceptors (Lipinski definition) is 4. The molecule has 0 saturated heterocycles. The third-order valence-electron chi connectivity index (χ3n) is 9.24. The molecule has 0 fully saturated rings. The van der Waals surface area contributed by atoms with Crippen molar-refractivity contribution in [1.29, 1.82) is 0 Å². The normalized spacial score (nSPS) is 13.9. The van der Waals surface area contributed by atoms with Gasteiger partial charge in [-0.1, -0.05) is 192 Å². The van der Waals surface area contributed by atoms with Crippen LogP contribution >= 0.6 is 0 Å². The molecule has 0 aliphatic carbocycles. The van der Waals surface area contributed by atoms with E-state index >= 15 is 0 Å². The highest BCUT2D eigenvalue weighted by Crippen LogP contribution is 2.15. The van der Waals surface area contributed by atoms with Crippen molar-refractivity contribution in [3.8, 4) is 0 Å². The van der Waals surface area contributed by atoms with Gasteiger partial charge in [-0.3, -0.25) is 4.79 Å². The van der Waals surface area contributed by atoms with Crippen molar-refractivity contribution in [3.05, 3.63) is 24.3 Å². The summed E-state index contributed by atoms with van der Waals surface area (Å²) in [6.07, 6.45) is 43.1. The second-order valence-corrected chi connectivity index (χ2v) is 13.9. The molecule has 0 bridgehead atoms. The lowest BCUT2D eigenvalue weighted by molar-refractivity contribution is -0.124. The Morgan fingerprint density at radius 1 is 0.543 bits per heavy atom. The highest BCUT2D eigenvalue weighted by atomic mass is 16.3. The molecule has 0 spiro atoms. The zero-order chi connectivity index (χ0) is 33.8. The average molecular weight is 650 g/mol. The van der Waals surface area contributed by atoms with Crippen LogP contribution in [0.3, 0.4) is 0 Å². The van der Waals surface area contributed by atoms with Crippen molar-refractivity contribution >= 4 is 5.91 Å². The number of amides is 1. The van der Waals surface area contributed by atoms with E-state index in [9.17, 15) is 20.1 Å². The van der Waals surface area contributed by atoms with Crippen LogP contribution in [0.5, 0.6) is 0 Å². The third-order valence-corrected chi connectivity index (χ3v) is 9.24. The minimum Gasteiger partial charge on any atom is -0.394 e. The van der Waals surface area contributed by atoms with Crippen molar-refractivity contribution in [3.63, 3.8) is 0 Å². The third kappa shape index (κ3) is 32.8. The quantitative estimate of drug-likeness (QED) is 0.0401. The van der Waals surface area contributed by atoms with Gasteiger partial charge in [0.25, 0.3) is 0 Å². The fraction of sp³-hybridized carbons (Fsp3) is 0.878. The van der Waals surface area contributed by atoms with Gasteiger partial charge in [0.15, 0.2) is 0 Å². The monoisotopic (exact) mass is 650 g/mol. The molecule has 0 saturated carbocycles. The summed E-state index contributed by atoms with van der Waals surface area (Å²) in [5.74, 6) is -0.325. The lowest BCUT2D eigenvalue weighted by atomic mass is 10.0. The Morgan fingerprint density at radius 2 is 0.935 bits per heavy atom. The van der Waals surface area contributed by atoms with E-state index < -0.39 is 18.2 Å². The number of rotatable bonds is 36. The molecule has 5 nitrogen and oxygen atoms in total. The van der Waals surface area contributed by atoms with E-state index in [4.69, 9.17) is 0 Å². The summed E-state index contributed by atoms with van der Waals surface area (Å²) in [4.78, 5) is 12.4. The number of nitrogens with one attached hydrogen (secondary N) is 1. The lowest BCUT2D eigenvalue weighted by Crippen LogP contribution is -2.45. The van der Waals surface area contributed by atoms with E-state index in [0.29, 0.717) is 6.42 Å². The van der Waals surface area contributed by atoms with Gasteiger partial charge in [-0.25, -0.2) is 0 Å². The maximum atomic E-state index is 12.4. The predicted molar refractivity (Wildman–Crippen MR) is 199 cm³/mol. The molecule has 0 aromatic carbocycles. The van der Waals surface area contributed by atoms with Crippen molar-refractivity contribution < 1.29 is 20.1 Å². The summed E-state index contributed by atoms with van der Waals surface area (Å²) in [5, 5.41) is 33.1.